The molecule has 152 valence electrons. The summed E-state index contributed by atoms with van der Waals surface area (Å²) in [6.07, 6.45) is 2.07. The lowest BCUT2D eigenvalue weighted by Crippen LogP contribution is -2.40. The molecular formula is C22H25N3O4. The fourth-order valence-electron chi connectivity index (χ4n) is 3.06. The molecule has 0 fully saturated rings. The summed E-state index contributed by atoms with van der Waals surface area (Å²) >= 11 is 0. The number of carbonyl (C=O) groups is 1. The van der Waals surface area contributed by atoms with Gasteiger partial charge in [0.1, 0.15) is 11.5 Å². The highest BCUT2D eigenvalue weighted by Gasteiger charge is 2.26. The van der Waals surface area contributed by atoms with E-state index in [9.17, 15) is 4.79 Å². The molecule has 3 rings (SSSR count). The topological polar surface area (TPSA) is 72.4 Å². The van der Waals surface area contributed by atoms with E-state index in [2.05, 4.69) is 17.1 Å². The van der Waals surface area contributed by atoms with Crippen LogP contribution in [0.1, 0.15) is 12.0 Å². The van der Waals surface area contributed by atoms with Gasteiger partial charge in [-0.2, -0.15) is 0 Å². The number of carbonyl (C=O) groups excluding carboxylic acids is 1. The molecule has 7 nitrogen and oxygen atoms in total. The predicted octanol–water partition coefficient (Wildman–Crippen LogP) is 3.92. The molecule has 0 aromatic heterocycles. The summed E-state index contributed by atoms with van der Waals surface area (Å²) in [6.45, 7) is 4.52. The number of hydrogen-bond acceptors (Lipinski definition) is 5. The van der Waals surface area contributed by atoms with Gasteiger partial charge in [-0.3, -0.25) is 0 Å². The van der Waals surface area contributed by atoms with Gasteiger partial charge in [-0.1, -0.05) is 23.4 Å². The zero-order valence-electron chi connectivity index (χ0n) is 16.6. The highest BCUT2D eigenvalue weighted by molar-refractivity contribution is 6.01. The smallest absolute Gasteiger partial charge is 0.322 e. The third-order valence-corrected chi connectivity index (χ3v) is 4.57. The Morgan fingerprint density at radius 2 is 2.00 bits per heavy atom. The first-order chi connectivity index (χ1) is 14.1. The van der Waals surface area contributed by atoms with Crippen LogP contribution in [0.3, 0.4) is 0 Å². The van der Waals surface area contributed by atoms with Crippen LogP contribution in [0.5, 0.6) is 11.5 Å². The third-order valence-electron chi connectivity index (χ3n) is 4.57. The van der Waals surface area contributed by atoms with Crippen molar-refractivity contribution in [3.8, 4) is 11.5 Å². The molecule has 0 spiro atoms. The molecule has 2 aromatic carbocycles. The van der Waals surface area contributed by atoms with E-state index in [1.165, 1.54) is 0 Å². The first-order valence-corrected chi connectivity index (χ1v) is 9.31. The normalized spacial score (nSPS) is 15.1. The molecule has 1 heterocycles. The highest BCUT2D eigenvalue weighted by Crippen LogP contribution is 2.24. The Morgan fingerprint density at radius 1 is 1.24 bits per heavy atom. The molecule has 1 aliphatic heterocycles. The second-order valence-corrected chi connectivity index (χ2v) is 6.52. The van der Waals surface area contributed by atoms with E-state index in [0.717, 1.165) is 17.0 Å². The van der Waals surface area contributed by atoms with Crippen molar-refractivity contribution >= 4 is 17.4 Å². The van der Waals surface area contributed by atoms with Crippen LogP contribution < -0.4 is 14.8 Å². The summed E-state index contributed by atoms with van der Waals surface area (Å²) in [4.78, 5) is 20.0. The van der Waals surface area contributed by atoms with E-state index in [0.29, 0.717) is 30.9 Å². The number of hydrogen-bond donors (Lipinski definition) is 1. The second kappa shape index (κ2) is 9.64. The highest BCUT2D eigenvalue weighted by atomic mass is 16.6. The maximum Gasteiger partial charge on any atom is 0.322 e. The van der Waals surface area contributed by atoms with Gasteiger partial charge in [0.25, 0.3) is 0 Å². The van der Waals surface area contributed by atoms with Crippen LogP contribution in [-0.2, 0) is 4.84 Å². The van der Waals surface area contributed by atoms with Crippen LogP contribution in [0.2, 0.25) is 0 Å². The maximum atomic E-state index is 12.8. The Labute approximate surface area is 170 Å². The summed E-state index contributed by atoms with van der Waals surface area (Å²) in [5.41, 5.74) is 2.43. The SMILES string of the molecule is C=CCN(CC1CC(c2ccc(OC)cc2)=NO1)C(=O)Nc1ccccc1OC. The average Bonchev–Trinajstić information content (AvgIpc) is 3.22. The van der Waals surface area contributed by atoms with Gasteiger partial charge in [0.15, 0.2) is 6.10 Å². The lowest BCUT2D eigenvalue weighted by Gasteiger charge is -2.24. The molecule has 2 aromatic rings. The molecule has 7 heteroatoms. The minimum absolute atomic E-state index is 0.226. The molecule has 1 N–H and O–H groups in total. The number of nitrogens with zero attached hydrogens (tertiary/aromatic N) is 2. The Bertz CT molecular complexity index is 880. The number of benzene rings is 2. The van der Waals surface area contributed by atoms with Gasteiger partial charge in [0.2, 0.25) is 0 Å². The summed E-state index contributed by atoms with van der Waals surface area (Å²) in [6, 6.07) is 14.7. The van der Waals surface area contributed by atoms with Crippen molar-refractivity contribution < 1.29 is 19.1 Å². The maximum absolute atomic E-state index is 12.8. The fourth-order valence-corrected chi connectivity index (χ4v) is 3.06. The van der Waals surface area contributed by atoms with Crippen molar-refractivity contribution in [3.05, 3.63) is 66.7 Å². The van der Waals surface area contributed by atoms with Crippen LogP contribution in [0, 0.1) is 0 Å². The predicted molar refractivity (Wildman–Crippen MR) is 113 cm³/mol. The number of para-hydroxylation sites is 2. The quantitative estimate of drug-likeness (QED) is 0.688. The van der Waals surface area contributed by atoms with Crippen molar-refractivity contribution in [2.45, 2.75) is 12.5 Å². The minimum atomic E-state index is -0.254. The van der Waals surface area contributed by atoms with E-state index in [1.807, 2.05) is 36.4 Å². The summed E-state index contributed by atoms with van der Waals surface area (Å²) < 4.78 is 10.5. The van der Waals surface area contributed by atoms with Crippen LogP contribution in [0.4, 0.5) is 10.5 Å². The molecule has 29 heavy (non-hydrogen) atoms. The van der Waals surface area contributed by atoms with Crippen molar-refractivity contribution in [2.24, 2.45) is 5.16 Å². The fraction of sp³-hybridized carbons (Fsp3) is 0.273. The third kappa shape index (κ3) is 5.07. The van der Waals surface area contributed by atoms with Crippen LogP contribution in [0.15, 0.2) is 66.3 Å². The van der Waals surface area contributed by atoms with Crippen molar-refractivity contribution in [1.29, 1.82) is 0 Å². The number of amides is 2. The van der Waals surface area contributed by atoms with E-state index >= 15 is 0 Å². The van der Waals surface area contributed by atoms with Gasteiger partial charge in [-0.05, 0) is 42.0 Å². The first-order valence-electron chi connectivity index (χ1n) is 9.31. The van der Waals surface area contributed by atoms with Gasteiger partial charge in [-0.25, -0.2) is 4.79 Å². The van der Waals surface area contributed by atoms with E-state index in [-0.39, 0.29) is 12.1 Å². The van der Waals surface area contributed by atoms with Gasteiger partial charge in [0, 0.05) is 13.0 Å². The Morgan fingerprint density at radius 3 is 2.69 bits per heavy atom. The second-order valence-electron chi connectivity index (χ2n) is 6.52. The molecule has 1 aliphatic rings. The Hall–Kier alpha value is -3.48. The number of rotatable bonds is 8. The van der Waals surface area contributed by atoms with Crippen LogP contribution in [-0.4, -0.2) is 50.1 Å². The van der Waals surface area contributed by atoms with E-state index in [1.54, 1.807) is 37.3 Å². The first kappa shape index (κ1) is 20.3. The van der Waals surface area contributed by atoms with Crippen molar-refractivity contribution in [3.63, 3.8) is 0 Å². The molecule has 1 atom stereocenters. The molecule has 2 amide bonds. The Kier molecular flexibility index (Phi) is 6.73. The van der Waals surface area contributed by atoms with Gasteiger partial charge in [-0.15, -0.1) is 6.58 Å². The van der Waals surface area contributed by atoms with E-state index in [4.69, 9.17) is 14.3 Å². The summed E-state index contributed by atoms with van der Waals surface area (Å²) in [5, 5.41) is 7.08. The van der Waals surface area contributed by atoms with Crippen LogP contribution >= 0.6 is 0 Å². The van der Waals surface area contributed by atoms with Gasteiger partial charge in [0.05, 0.1) is 32.2 Å². The summed E-state index contributed by atoms with van der Waals surface area (Å²) in [7, 11) is 3.20. The molecular weight excluding hydrogens is 370 g/mol. The lowest BCUT2D eigenvalue weighted by molar-refractivity contribution is 0.0645. The Balaban J connectivity index is 1.62. The molecule has 0 saturated heterocycles. The molecule has 0 saturated carbocycles. The molecule has 0 radical (unpaired) electrons. The monoisotopic (exact) mass is 395 g/mol. The van der Waals surface area contributed by atoms with Gasteiger partial charge >= 0.3 is 6.03 Å². The zero-order chi connectivity index (χ0) is 20.6. The standard InChI is InChI=1S/C22H25N3O4/c1-4-13-25(22(26)23-19-7-5-6-8-21(19)28-3)15-18-14-20(24-29-18)16-9-11-17(27-2)12-10-16/h4-12,18H,1,13-15H2,2-3H3,(H,23,26). The zero-order valence-corrected chi connectivity index (χ0v) is 16.6. The van der Waals surface area contributed by atoms with Crippen molar-refractivity contribution in [1.82, 2.24) is 4.90 Å². The average molecular weight is 395 g/mol. The lowest BCUT2D eigenvalue weighted by atomic mass is 10.0. The number of ether oxygens (including phenoxy) is 2. The molecule has 0 bridgehead atoms. The van der Waals surface area contributed by atoms with Gasteiger partial charge < -0.3 is 24.5 Å². The number of anilines is 1. The number of urea groups is 1. The number of methoxy groups -OCH3 is 2. The number of nitrogens with one attached hydrogen (secondary N) is 1. The van der Waals surface area contributed by atoms with Crippen LogP contribution in [0.25, 0.3) is 0 Å². The van der Waals surface area contributed by atoms with Crippen molar-refractivity contribution in [2.75, 3.05) is 32.6 Å². The molecule has 1 unspecified atom stereocenters. The minimum Gasteiger partial charge on any atom is -0.497 e. The molecule has 0 aliphatic carbocycles. The number of oxime groups is 1. The largest absolute Gasteiger partial charge is 0.497 e. The van der Waals surface area contributed by atoms with E-state index < -0.39 is 0 Å². The summed E-state index contributed by atoms with van der Waals surface area (Å²) in [5.74, 6) is 1.39.